The van der Waals surface area contributed by atoms with Gasteiger partial charge in [0.2, 0.25) is 0 Å². The molecule has 6 rings (SSSR count). The van der Waals surface area contributed by atoms with E-state index in [0.29, 0.717) is 33.8 Å². The van der Waals surface area contributed by atoms with E-state index in [4.69, 9.17) is 18.9 Å². The predicted molar refractivity (Wildman–Crippen MR) is 129 cm³/mol. The highest BCUT2D eigenvalue weighted by Crippen LogP contribution is 2.50. The molecule has 3 aromatic carbocycles. The van der Waals surface area contributed by atoms with Crippen molar-refractivity contribution in [3.8, 4) is 28.7 Å². The molecule has 35 heavy (non-hydrogen) atoms. The number of aromatic hydroxyl groups is 1. The number of aliphatic hydroxyl groups is 2. The van der Waals surface area contributed by atoms with Crippen molar-refractivity contribution in [1.82, 2.24) is 0 Å². The van der Waals surface area contributed by atoms with Crippen molar-refractivity contribution in [1.29, 1.82) is 0 Å². The van der Waals surface area contributed by atoms with E-state index in [0.717, 1.165) is 24.0 Å². The Morgan fingerprint density at radius 2 is 1.57 bits per heavy atom. The number of hydrogen-bond donors (Lipinski definition) is 3. The fourth-order valence-corrected chi connectivity index (χ4v) is 5.81. The Morgan fingerprint density at radius 1 is 0.829 bits per heavy atom. The SMILES string of the molecule is COc1cc2c(c3ccc(O)cc13)OC[C@@H]([C@@H]1COc3ccc(OC4CCCC4)cc3[C@H]1O)[C@H]2O. The molecule has 1 saturated carbocycles. The summed E-state index contributed by atoms with van der Waals surface area (Å²) in [5.41, 5.74) is 1.29. The van der Waals surface area contributed by atoms with E-state index < -0.39 is 12.2 Å². The van der Waals surface area contributed by atoms with E-state index in [-0.39, 0.29) is 36.9 Å². The molecule has 1 fully saturated rings. The topological polar surface area (TPSA) is 97.6 Å². The van der Waals surface area contributed by atoms with E-state index in [2.05, 4.69) is 0 Å². The van der Waals surface area contributed by atoms with E-state index in [1.54, 1.807) is 31.4 Å². The molecule has 0 spiro atoms. The molecular weight excluding hydrogens is 448 g/mol. The summed E-state index contributed by atoms with van der Waals surface area (Å²) in [7, 11) is 1.56. The van der Waals surface area contributed by atoms with Crippen LogP contribution in [0.15, 0.2) is 42.5 Å². The first-order valence-electron chi connectivity index (χ1n) is 12.3. The number of hydrogen-bond acceptors (Lipinski definition) is 7. The van der Waals surface area contributed by atoms with E-state index in [9.17, 15) is 15.3 Å². The minimum atomic E-state index is -0.881. The summed E-state index contributed by atoms with van der Waals surface area (Å²) in [4.78, 5) is 0. The van der Waals surface area contributed by atoms with Gasteiger partial charge in [0.1, 0.15) is 28.7 Å². The lowest BCUT2D eigenvalue weighted by atomic mass is 9.77. The lowest BCUT2D eigenvalue weighted by Crippen LogP contribution is -2.40. The van der Waals surface area contributed by atoms with Crippen molar-refractivity contribution < 1.29 is 34.3 Å². The summed E-state index contributed by atoms with van der Waals surface area (Å²) in [6, 6.07) is 12.4. The minimum Gasteiger partial charge on any atom is -0.508 e. The van der Waals surface area contributed by atoms with Crippen LogP contribution in [0.1, 0.15) is 49.0 Å². The van der Waals surface area contributed by atoms with Crippen molar-refractivity contribution in [2.75, 3.05) is 20.3 Å². The number of ether oxygens (including phenoxy) is 4. The number of fused-ring (bicyclic) bond motifs is 4. The molecule has 3 aliphatic rings. The second kappa shape index (κ2) is 8.81. The van der Waals surface area contributed by atoms with Crippen LogP contribution >= 0.6 is 0 Å². The Hall–Kier alpha value is -3.16. The largest absolute Gasteiger partial charge is 0.508 e. The summed E-state index contributed by atoms with van der Waals surface area (Å²) in [6.45, 7) is 0.505. The maximum absolute atomic E-state index is 11.4. The monoisotopic (exact) mass is 478 g/mol. The summed E-state index contributed by atoms with van der Waals surface area (Å²) < 4.78 is 23.9. The minimum absolute atomic E-state index is 0.127. The van der Waals surface area contributed by atoms with E-state index >= 15 is 0 Å². The average Bonchev–Trinajstić information content (AvgIpc) is 3.38. The smallest absolute Gasteiger partial charge is 0.133 e. The number of benzene rings is 3. The number of rotatable bonds is 4. The van der Waals surface area contributed by atoms with Crippen molar-refractivity contribution in [2.24, 2.45) is 11.8 Å². The maximum Gasteiger partial charge on any atom is 0.133 e. The van der Waals surface area contributed by atoms with E-state index in [1.807, 2.05) is 18.2 Å². The fourth-order valence-electron chi connectivity index (χ4n) is 5.81. The second-order valence-corrected chi connectivity index (χ2v) is 9.79. The standard InChI is InChI=1S/C28H30O7/c1-32-25-12-21-27(31)23(14-34-28(21)18-8-6-15(29)10-19(18)25)22-13-33-24-9-7-17(11-20(24)26(22)30)35-16-4-2-3-5-16/h6-12,16,22-23,26-27,29-31H,2-5,13-14H2,1H3/t22-,23-,26+,27-/m0/s1. The van der Waals surface area contributed by atoms with Crippen LogP contribution in [0.2, 0.25) is 0 Å². The van der Waals surface area contributed by atoms with E-state index in [1.165, 1.54) is 12.8 Å². The van der Waals surface area contributed by atoms with Gasteiger partial charge in [0.25, 0.3) is 0 Å². The van der Waals surface area contributed by atoms with Crippen LogP contribution < -0.4 is 18.9 Å². The fraction of sp³-hybridized carbons (Fsp3) is 0.429. The van der Waals surface area contributed by atoms with Crippen LogP contribution in [0, 0.1) is 11.8 Å². The molecule has 0 amide bonds. The molecule has 4 atom stereocenters. The average molecular weight is 479 g/mol. The van der Waals surface area contributed by atoms with Gasteiger partial charge in [-0.15, -0.1) is 0 Å². The highest BCUT2D eigenvalue weighted by atomic mass is 16.5. The van der Waals surface area contributed by atoms with Gasteiger partial charge in [-0.25, -0.2) is 0 Å². The van der Waals surface area contributed by atoms with Gasteiger partial charge in [0.15, 0.2) is 0 Å². The molecular formula is C28H30O7. The third-order valence-corrected chi connectivity index (χ3v) is 7.72. The van der Waals surface area contributed by atoms with Crippen LogP contribution in [-0.4, -0.2) is 41.7 Å². The quantitative estimate of drug-likeness (QED) is 0.502. The first-order chi connectivity index (χ1) is 17.0. The van der Waals surface area contributed by atoms with Gasteiger partial charge in [0.05, 0.1) is 38.6 Å². The zero-order chi connectivity index (χ0) is 24.1. The molecule has 3 N–H and O–H groups in total. The lowest BCUT2D eigenvalue weighted by Gasteiger charge is -2.40. The lowest BCUT2D eigenvalue weighted by molar-refractivity contribution is -0.0548. The van der Waals surface area contributed by atoms with Crippen molar-refractivity contribution in [2.45, 2.75) is 44.0 Å². The Bertz CT molecular complexity index is 1250. The molecule has 2 heterocycles. The molecule has 7 heteroatoms. The first kappa shape index (κ1) is 22.3. The molecule has 0 unspecified atom stereocenters. The molecule has 0 radical (unpaired) electrons. The summed E-state index contributed by atoms with van der Waals surface area (Å²) >= 11 is 0. The third kappa shape index (κ3) is 3.83. The van der Waals surface area contributed by atoms with Gasteiger partial charge in [-0.3, -0.25) is 0 Å². The van der Waals surface area contributed by atoms with Gasteiger partial charge < -0.3 is 34.3 Å². The van der Waals surface area contributed by atoms with Gasteiger partial charge >= 0.3 is 0 Å². The number of phenols is 1. The molecule has 0 aromatic heterocycles. The third-order valence-electron chi connectivity index (χ3n) is 7.72. The highest BCUT2D eigenvalue weighted by Gasteiger charge is 2.43. The van der Waals surface area contributed by atoms with Crippen LogP contribution in [0.25, 0.3) is 10.8 Å². The Kier molecular flexibility index (Phi) is 5.61. The number of phenolic OH excluding ortho intramolecular Hbond substituents is 1. The highest BCUT2D eigenvalue weighted by molar-refractivity contribution is 5.95. The Labute approximate surface area is 203 Å². The van der Waals surface area contributed by atoms with Crippen LogP contribution in [0.3, 0.4) is 0 Å². The van der Waals surface area contributed by atoms with Crippen LogP contribution in [0.4, 0.5) is 0 Å². The van der Waals surface area contributed by atoms with Crippen molar-refractivity contribution >= 4 is 10.8 Å². The molecule has 3 aromatic rings. The molecule has 0 bridgehead atoms. The normalized spacial score (nSPS) is 25.9. The second-order valence-electron chi connectivity index (χ2n) is 9.79. The summed E-state index contributed by atoms with van der Waals surface area (Å²) in [5, 5.41) is 34.2. The first-order valence-corrected chi connectivity index (χ1v) is 12.3. The molecule has 0 saturated heterocycles. The predicted octanol–water partition coefficient (Wildman–Crippen LogP) is 4.66. The molecule has 2 aliphatic heterocycles. The molecule has 7 nitrogen and oxygen atoms in total. The zero-order valence-electron chi connectivity index (χ0n) is 19.6. The maximum atomic E-state index is 11.4. The Balaban J connectivity index is 1.30. The number of methoxy groups -OCH3 is 1. The van der Waals surface area contributed by atoms with Crippen molar-refractivity contribution in [3.05, 3.63) is 53.6 Å². The molecule has 1 aliphatic carbocycles. The Morgan fingerprint density at radius 3 is 2.34 bits per heavy atom. The van der Waals surface area contributed by atoms with Gasteiger partial charge in [0, 0.05) is 33.7 Å². The number of aliphatic hydroxyl groups excluding tert-OH is 2. The van der Waals surface area contributed by atoms with Crippen LogP contribution in [-0.2, 0) is 0 Å². The summed E-state index contributed by atoms with van der Waals surface area (Å²) in [6.07, 6.45) is 3.01. The summed E-state index contributed by atoms with van der Waals surface area (Å²) in [5.74, 6) is 1.87. The zero-order valence-corrected chi connectivity index (χ0v) is 19.6. The molecule has 184 valence electrons. The van der Waals surface area contributed by atoms with Crippen LogP contribution in [0.5, 0.6) is 28.7 Å². The van der Waals surface area contributed by atoms with Crippen molar-refractivity contribution in [3.63, 3.8) is 0 Å². The van der Waals surface area contributed by atoms with Gasteiger partial charge in [-0.05, 0) is 68.1 Å². The van der Waals surface area contributed by atoms with Gasteiger partial charge in [-0.1, -0.05) is 0 Å². The van der Waals surface area contributed by atoms with Gasteiger partial charge in [-0.2, -0.15) is 0 Å².